The highest BCUT2D eigenvalue weighted by atomic mass is 32.1. The van der Waals surface area contributed by atoms with Crippen molar-refractivity contribution in [2.45, 2.75) is 52.6 Å². The molecule has 222 valence electrons. The number of H-pyrrole nitrogens is 1. The Morgan fingerprint density at radius 2 is 1.90 bits per heavy atom. The molecule has 6 rings (SSSR count). The second kappa shape index (κ2) is 12.1. The molecule has 0 amide bonds. The first-order valence-electron chi connectivity index (χ1n) is 15.3. The third-order valence-corrected chi connectivity index (χ3v) is 10.4. The summed E-state index contributed by atoms with van der Waals surface area (Å²) in [6, 6.07) is 9.00. The summed E-state index contributed by atoms with van der Waals surface area (Å²) in [6.45, 7) is 23.1. The van der Waals surface area contributed by atoms with Crippen LogP contribution in [0.1, 0.15) is 44.9 Å². The number of hydrogen-bond acceptors (Lipinski definition) is 8. The summed E-state index contributed by atoms with van der Waals surface area (Å²) in [5.41, 5.74) is 4.12. The van der Waals surface area contributed by atoms with E-state index in [1.807, 2.05) is 17.5 Å². The van der Waals surface area contributed by atoms with Crippen LogP contribution in [0.3, 0.4) is 0 Å². The van der Waals surface area contributed by atoms with Gasteiger partial charge in [-0.05, 0) is 49.8 Å². The number of rotatable bonds is 10. The predicted molar refractivity (Wildman–Crippen MR) is 176 cm³/mol. The molecule has 0 radical (unpaired) electrons. The van der Waals surface area contributed by atoms with E-state index in [0.717, 1.165) is 91.7 Å². The Balaban J connectivity index is 1.20. The van der Waals surface area contributed by atoms with Crippen molar-refractivity contribution in [2.75, 3.05) is 50.7 Å². The fourth-order valence-electron chi connectivity index (χ4n) is 6.23. The average molecular weight is 585 g/mol. The highest BCUT2D eigenvalue weighted by molar-refractivity contribution is 7.19. The number of piperazine rings is 1. The van der Waals surface area contributed by atoms with Gasteiger partial charge in [-0.3, -0.25) is 14.9 Å². The lowest BCUT2D eigenvalue weighted by Crippen LogP contribution is -2.54. The zero-order valence-corrected chi connectivity index (χ0v) is 26.1. The molecule has 0 bridgehead atoms. The second-order valence-corrected chi connectivity index (χ2v) is 13.7. The third-order valence-electron chi connectivity index (χ3n) is 9.27. The smallest absolute Gasteiger partial charge is 0.162 e. The molecule has 1 unspecified atom stereocenters. The number of fused-ring (bicyclic) bond motifs is 2. The second-order valence-electron chi connectivity index (χ2n) is 12.5. The van der Waals surface area contributed by atoms with E-state index in [0.29, 0.717) is 6.04 Å². The van der Waals surface area contributed by atoms with Crippen molar-refractivity contribution in [2.24, 2.45) is 5.41 Å². The average Bonchev–Trinajstić information content (AvgIpc) is 3.66. The molecular formula is C33H44N8S. The molecule has 2 saturated heterocycles. The number of anilines is 1. The lowest BCUT2D eigenvalue weighted by atomic mass is 9.84. The molecule has 1 aromatic carbocycles. The van der Waals surface area contributed by atoms with Crippen LogP contribution in [0.15, 0.2) is 55.4 Å². The van der Waals surface area contributed by atoms with Crippen molar-refractivity contribution >= 4 is 38.3 Å². The Bertz CT molecular complexity index is 1550. The largest absolute Gasteiger partial charge is 0.385 e. The zero-order chi connectivity index (χ0) is 29.3. The first-order chi connectivity index (χ1) is 20.3. The van der Waals surface area contributed by atoms with Crippen molar-refractivity contribution in [1.29, 1.82) is 0 Å². The molecule has 2 aliphatic rings. The molecule has 4 aromatic rings. The standard InChI is InChI=1S/C33H44N8S/c1-6-23(2)34-22-33(4,5)24(3)40-17-15-39(16-18-40)21-25-19-29-30(42-25)32(41-13-8-7-9-14-41)37-31(36-29)26-11-10-12-28-27(26)20-35-38-28/h6,10-12,19-20,24,34H,1-2,7-9,13-18,21-22H2,3-5H3,(H,35,38). The van der Waals surface area contributed by atoms with Gasteiger partial charge in [-0.2, -0.15) is 5.10 Å². The summed E-state index contributed by atoms with van der Waals surface area (Å²) in [5.74, 6) is 1.89. The number of piperidine rings is 1. The first kappa shape index (κ1) is 28.8. The Kier molecular flexibility index (Phi) is 8.34. The maximum absolute atomic E-state index is 5.22. The van der Waals surface area contributed by atoms with Gasteiger partial charge in [0.05, 0.1) is 21.9 Å². The van der Waals surface area contributed by atoms with Gasteiger partial charge in [0.25, 0.3) is 0 Å². The Labute approximate surface area is 253 Å². The van der Waals surface area contributed by atoms with Crippen LogP contribution in [0.5, 0.6) is 0 Å². The molecular weight excluding hydrogens is 540 g/mol. The molecule has 9 heteroatoms. The maximum atomic E-state index is 5.22. The van der Waals surface area contributed by atoms with Gasteiger partial charge in [0.15, 0.2) is 11.6 Å². The van der Waals surface area contributed by atoms with Gasteiger partial charge >= 0.3 is 0 Å². The summed E-state index contributed by atoms with van der Waals surface area (Å²) in [4.78, 5) is 19.4. The Morgan fingerprint density at radius 3 is 2.67 bits per heavy atom. The van der Waals surface area contributed by atoms with Crippen LogP contribution in [0.25, 0.3) is 32.5 Å². The van der Waals surface area contributed by atoms with Crippen LogP contribution in [-0.2, 0) is 6.54 Å². The number of nitrogens with one attached hydrogen (secondary N) is 2. The molecule has 0 saturated carbocycles. The fourth-order valence-corrected chi connectivity index (χ4v) is 7.39. The molecule has 2 N–H and O–H groups in total. The van der Waals surface area contributed by atoms with E-state index >= 15 is 0 Å². The van der Waals surface area contributed by atoms with Crippen molar-refractivity contribution in [3.8, 4) is 11.4 Å². The van der Waals surface area contributed by atoms with E-state index < -0.39 is 0 Å². The van der Waals surface area contributed by atoms with Gasteiger partial charge < -0.3 is 10.2 Å². The summed E-state index contributed by atoms with van der Waals surface area (Å²) >= 11 is 1.88. The van der Waals surface area contributed by atoms with Gasteiger partial charge in [-0.25, -0.2) is 9.97 Å². The van der Waals surface area contributed by atoms with Crippen LogP contribution < -0.4 is 10.2 Å². The Morgan fingerprint density at radius 1 is 1.12 bits per heavy atom. The third kappa shape index (κ3) is 5.96. The van der Waals surface area contributed by atoms with Gasteiger partial charge in [0.2, 0.25) is 0 Å². The molecule has 5 heterocycles. The molecule has 2 fully saturated rings. The van der Waals surface area contributed by atoms with Crippen molar-refractivity contribution in [1.82, 2.24) is 35.3 Å². The number of benzene rings is 1. The minimum atomic E-state index is 0.127. The number of thiophene rings is 1. The number of nitrogens with zero attached hydrogens (tertiary/aromatic N) is 6. The van der Waals surface area contributed by atoms with Crippen LogP contribution in [0.2, 0.25) is 0 Å². The maximum Gasteiger partial charge on any atom is 0.162 e. The van der Waals surface area contributed by atoms with Crippen molar-refractivity contribution < 1.29 is 0 Å². The molecule has 0 aliphatic carbocycles. The molecule has 2 aliphatic heterocycles. The number of allylic oxidation sites excluding steroid dienone is 1. The summed E-state index contributed by atoms with van der Waals surface area (Å²) in [5, 5.41) is 11.9. The van der Waals surface area contributed by atoms with Crippen LogP contribution >= 0.6 is 11.3 Å². The monoisotopic (exact) mass is 584 g/mol. The fraction of sp³-hybridized carbons (Fsp3) is 0.485. The number of aromatic amines is 1. The van der Waals surface area contributed by atoms with Crippen molar-refractivity contribution in [3.05, 3.63) is 60.3 Å². The molecule has 1 atom stereocenters. The Hall–Kier alpha value is -3.27. The molecule has 0 spiro atoms. The van der Waals surface area contributed by atoms with Gasteiger partial charge in [-0.1, -0.05) is 39.1 Å². The first-order valence-corrected chi connectivity index (χ1v) is 16.1. The van der Waals surface area contributed by atoms with Crippen LogP contribution in [0, 0.1) is 5.41 Å². The zero-order valence-electron chi connectivity index (χ0n) is 25.3. The quantitative estimate of drug-likeness (QED) is 0.220. The van der Waals surface area contributed by atoms with E-state index in [-0.39, 0.29) is 5.41 Å². The van der Waals surface area contributed by atoms with Crippen LogP contribution in [-0.4, -0.2) is 81.8 Å². The minimum absolute atomic E-state index is 0.127. The molecule has 8 nitrogen and oxygen atoms in total. The molecule has 42 heavy (non-hydrogen) atoms. The highest BCUT2D eigenvalue weighted by Gasteiger charge is 2.32. The number of hydrogen-bond donors (Lipinski definition) is 2. The van der Waals surface area contributed by atoms with E-state index in [2.05, 4.69) is 88.4 Å². The highest BCUT2D eigenvalue weighted by Crippen LogP contribution is 2.37. The van der Waals surface area contributed by atoms with E-state index in [4.69, 9.17) is 9.97 Å². The predicted octanol–water partition coefficient (Wildman–Crippen LogP) is 6.05. The molecule has 3 aromatic heterocycles. The van der Waals surface area contributed by atoms with E-state index in [1.54, 1.807) is 6.08 Å². The van der Waals surface area contributed by atoms with Crippen molar-refractivity contribution in [3.63, 3.8) is 0 Å². The normalized spacial score (nSPS) is 18.0. The van der Waals surface area contributed by atoms with E-state index in [1.165, 1.54) is 28.8 Å². The summed E-state index contributed by atoms with van der Waals surface area (Å²) < 4.78 is 1.22. The summed E-state index contributed by atoms with van der Waals surface area (Å²) in [6.07, 6.45) is 7.40. The topological polar surface area (TPSA) is 76.2 Å². The van der Waals surface area contributed by atoms with Crippen LogP contribution in [0.4, 0.5) is 5.82 Å². The van der Waals surface area contributed by atoms with E-state index in [9.17, 15) is 0 Å². The SMILES string of the molecule is C=CC(=C)NCC(C)(C)C(C)N1CCN(Cc2cc3nc(-c4cccc5[nH]ncc45)nc(N4CCCCC4)c3s2)CC1. The summed E-state index contributed by atoms with van der Waals surface area (Å²) in [7, 11) is 0. The van der Waals surface area contributed by atoms with Gasteiger partial charge in [-0.15, -0.1) is 11.3 Å². The minimum Gasteiger partial charge on any atom is -0.385 e. The lowest BCUT2D eigenvalue weighted by Gasteiger charge is -2.44. The lowest BCUT2D eigenvalue weighted by molar-refractivity contribution is 0.0463. The van der Waals surface area contributed by atoms with Gasteiger partial charge in [0, 0.05) is 79.9 Å². The van der Waals surface area contributed by atoms with Gasteiger partial charge in [0.1, 0.15) is 0 Å². The number of aromatic nitrogens is 4.